The van der Waals surface area contributed by atoms with E-state index in [9.17, 15) is 0 Å². The summed E-state index contributed by atoms with van der Waals surface area (Å²) in [5.41, 5.74) is 0. The Bertz CT molecular complexity index is 273. The van der Waals surface area contributed by atoms with E-state index in [4.69, 9.17) is 0 Å². The molecule has 0 fully saturated rings. The van der Waals surface area contributed by atoms with Gasteiger partial charge in [-0.15, -0.1) is 10.2 Å². The second-order valence-corrected chi connectivity index (χ2v) is 2.58. The van der Waals surface area contributed by atoms with Crippen molar-refractivity contribution >= 4 is 25.1 Å². The summed E-state index contributed by atoms with van der Waals surface area (Å²) in [6.45, 7) is 10.7. The SMILES string of the molecule is C=Nc1nn(C(C)C)nc1N=C. The Kier molecular flexibility index (Phi) is 2.32. The van der Waals surface area contributed by atoms with Gasteiger partial charge in [-0.05, 0) is 27.3 Å². The van der Waals surface area contributed by atoms with Crippen LogP contribution in [0.15, 0.2) is 9.98 Å². The van der Waals surface area contributed by atoms with Crippen molar-refractivity contribution in [2.24, 2.45) is 9.98 Å². The van der Waals surface area contributed by atoms with Crippen LogP contribution in [0.25, 0.3) is 0 Å². The van der Waals surface area contributed by atoms with E-state index in [0.29, 0.717) is 11.6 Å². The number of hydrogen-bond donors (Lipinski definition) is 0. The van der Waals surface area contributed by atoms with Gasteiger partial charge in [-0.3, -0.25) is 0 Å². The van der Waals surface area contributed by atoms with Crippen LogP contribution in [-0.2, 0) is 0 Å². The van der Waals surface area contributed by atoms with Crippen molar-refractivity contribution in [3.63, 3.8) is 0 Å². The Morgan fingerprint density at radius 3 is 1.83 bits per heavy atom. The quantitative estimate of drug-likeness (QED) is 0.637. The fourth-order valence-electron chi connectivity index (χ4n) is 0.742. The molecule has 64 valence electrons. The van der Waals surface area contributed by atoms with Crippen molar-refractivity contribution in [1.82, 2.24) is 15.0 Å². The molecule has 0 unspecified atom stereocenters. The molecule has 0 N–H and O–H groups in total. The summed E-state index contributed by atoms with van der Waals surface area (Å²) < 4.78 is 0. The lowest BCUT2D eigenvalue weighted by atomic mass is 10.4. The van der Waals surface area contributed by atoms with Crippen molar-refractivity contribution in [1.29, 1.82) is 0 Å². The summed E-state index contributed by atoms with van der Waals surface area (Å²) >= 11 is 0. The molecule has 1 aromatic heterocycles. The molecule has 12 heavy (non-hydrogen) atoms. The Hall–Kier alpha value is -1.52. The Labute approximate surface area is 70.8 Å². The van der Waals surface area contributed by atoms with Gasteiger partial charge in [0.05, 0.1) is 6.04 Å². The van der Waals surface area contributed by atoms with Gasteiger partial charge in [0.2, 0.25) is 11.6 Å². The number of rotatable bonds is 3. The van der Waals surface area contributed by atoms with Crippen LogP contribution in [0.3, 0.4) is 0 Å². The van der Waals surface area contributed by atoms with E-state index >= 15 is 0 Å². The average Bonchev–Trinajstić information content (AvgIpc) is 2.46. The van der Waals surface area contributed by atoms with Crippen LogP contribution in [0.4, 0.5) is 11.6 Å². The number of nitrogens with zero attached hydrogens (tertiary/aromatic N) is 5. The fraction of sp³-hybridized carbons (Fsp3) is 0.429. The normalized spacial score (nSPS) is 10.2. The molecule has 5 heteroatoms. The summed E-state index contributed by atoms with van der Waals surface area (Å²) in [4.78, 5) is 8.87. The summed E-state index contributed by atoms with van der Waals surface area (Å²) in [6.07, 6.45) is 0. The molecule has 0 aromatic carbocycles. The van der Waals surface area contributed by atoms with E-state index in [-0.39, 0.29) is 6.04 Å². The maximum atomic E-state index is 4.04. The zero-order valence-corrected chi connectivity index (χ0v) is 7.23. The molecule has 0 radical (unpaired) electrons. The van der Waals surface area contributed by atoms with Crippen LogP contribution in [0.1, 0.15) is 19.9 Å². The van der Waals surface area contributed by atoms with Crippen molar-refractivity contribution in [2.75, 3.05) is 0 Å². The zero-order chi connectivity index (χ0) is 9.14. The minimum Gasteiger partial charge on any atom is -0.240 e. The molecule has 1 heterocycles. The summed E-state index contributed by atoms with van der Waals surface area (Å²) in [6, 6.07) is 0.195. The highest BCUT2D eigenvalue weighted by atomic mass is 15.5. The molecule has 0 spiro atoms. The molecule has 1 rings (SSSR count). The number of aromatic nitrogens is 3. The van der Waals surface area contributed by atoms with Crippen molar-refractivity contribution in [2.45, 2.75) is 19.9 Å². The standard InChI is InChI=1S/C7H11N5/c1-5(2)12-10-6(8-3)7(9-4)11-12/h5H,3-4H2,1-2H3. The van der Waals surface area contributed by atoms with E-state index in [2.05, 4.69) is 33.6 Å². The van der Waals surface area contributed by atoms with Gasteiger partial charge in [-0.1, -0.05) is 0 Å². The van der Waals surface area contributed by atoms with E-state index in [1.807, 2.05) is 13.8 Å². The third-order valence-corrected chi connectivity index (χ3v) is 1.36. The zero-order valence-electron chi connectivity index (χ0n) is 7.23. The van der Waals surface area contributed by atoms with Gasteiger partial charge in [0, 0.05) is 0 Å². The molecule has 0 aliphatic carbocycles. The maximum Gasteiger partial charge on any atom is 0.220 e. The van der Waals surface area contributed by atoms with Crippen molar-refractivity contribution in [3.8, 4) is 0 Å². The van der Waals surface area contributed by atoms with Crippen molar-refractivity contribution in [3.05, 3.63) is 0 Å². The predicted octanol–water partition coefficient (Wildman–Crippen LogP) is 1.52. The summed E-state index contributed by atoms with van der Waals surface area (Å²) in [5, 5.41) is 8.08. The van der Waals surface area contributed by atoms with Crippen molar-refractivity contribution < 1.29 is 0 Å². The average molecular weight is 165 g/mol. The molecular formula is C7H11N5. The van der Waals surface area contributed by atoms with Crippen LogP contribution >= 0.6 is 0 Å². The van der Waals surface area contributed by atoms with Gasteiger partial charge in [0.1, 0.15) is 0 Å². The number of hydrogen-bond acceptors (Lipinski definition) is 4. The highest BCUT2D eigenvalue weighted by Crippen LogP contribution is 2.22. The largest absolute Gasteiger partial charge is 0.240 e. The van der Waals surface area contributed by atoms with E-state index < -0.39 is 0 Å². The Balaban J connectivity index is 3.13. The van der Waals surface area contributed by atoms with Gasteiger partial charge in [-0.25, -0.2) is 9.98 Å². The maximum absolute atomic E-state index is 4.04. The molecule has 0 bridgehead atoms. The van der Waals surface area contributed by atoms with Gasteiger partial charge in [0.25, 0.3) is 0 Å². The van der Waals surface area contributed by atoms with Crippen LogP contribution < -0.4 is 0 Å². The molecule has 0 aliphatic heterocycles. The van der Waals surface area contributed by atoms with Gasteiger partial charge in [0.15, 0.2) is 0 Å². The first-order chi connectivity index (χ1) is 5.69. The minimum atomic E-state index is 0.195. The van der Waals surface area contributed by atoms with Crippen LogP contribution in [0, 0.1) is 0 Å². The van der Waals surface area contributed by atoms with Crippen LogP contribution in [0.5, 0.6) is 0 Å². The second kappa shape index (κ2) is 3.25. The smallest absolute Gasteiger partial charge is 0.220 e. The second-order valence-electron chi connectivity index (χ2n) is 2.58. The first-order valence-corrected chi connectivity index (χ1v) is 3.59. The molecule has 0 atom stereocenters. The topological polar surface area (TPSA) is 55.4 Å². The van der Waals surface area contributed by atoms with E-state index in [1.54, 1.807) is 0 Å². The highest BCUT2D eigenvalue weighted by Gasteiger charge is 2.08. The van der Waals surface area contributed by atoms with Gasteiger partial charge < -0.3 is 0 Å². The lowest BCUT2D eigenvalue weighted by Gasteiger charge is -1.99. The molecule has 0 aliphatic rings. The van der Waals surface area contributed by atoms with E-state index in [0.717, 1.165) is 0 Å². The third kappa shape index (κ3) is 1.39. The molecule has 0 saturated carbocycles. The van der Waals surface area contributed by atoms with E-state index in [1.165, 1.54) is 4.80 Å². The first kappa shape index (κ1) is 8.58. The lowest BCUT2D eigenvalue weighted by molar-refractivity contribution is 0.468. The number of aliphatic imine (C=N–C) groups is 2. The first-order valence-electron chi connectivity index (χ1n) is 3.59. The van der Waals surface area contributed by atoms with Crippen LogP contribution in [-0.4, -0.2) is 28.4 Å². The summed E-state index contributed by atoms with van der Waals surface area (Å²) in [7, 11) is 0. The Morgan fingerprint density at radius 2 is 1.58 bits per heavy atom. The van der Waals surface area contributed by atoms with Crippen LogP contribution in [0.2, 0.25) is 0 Å². The lowest BCUT2D eigenvalue weighted by Crippen LogP contribution is -2.04. The monoisotopic (exact) mass is 165 g/mol. The predicted molar refractivity (Wildman–Crippen MR) is 48.8 cm³/mol. The van der Waals surface area contributed by atoms with Gasteiger partial charge >= 0.3 is 0 Å². The molecule has 0 saturated heterocycles. The fourth-order valence-corrected chi connectivity index (χ4v) is 0.742. The highest BCUT2D eigenvalue weighted by molar-refractivity contribution is 5.57. The third-order valence-electron chi connectivity index (χ3n) is 1.36. The minimum absolute atomic E-state index is 0.195. The molecule has 5 nitrogen and oxygen atoms in total. The molecular weight excluding hydrogens is 154 g/mol. The molecule has 1 aromatic rings. The van der Waals surface area contributed by atoms with Gasteiger partial charge in [-0.2, -0.15) is 4.80 Å². The Morgan fingerprint density at radius 1 is 1.17 bits per heavy atom. The molecule has 0 amide bonds. The summed E-state index contributed by atoms with van der Waals surface area (Å²) in [5.74, 6) is 0.859.